The Kier molecular flexibility index (Phi) is 5.73. The molecule has 1 atom stereocenters. The quantitative estimate of drug-likeness (QED) is 0.675. The maximum Gasteiger partial charge on any atom is 0.230 e. The van der Waals surface area contributed by atoms with Crippen LogP contribution in [0.15, 0.2) is 59.8 Å². The molecule has 0 aliphatic heterocycles. The number of rotatable bonds is 6. The van der Waals surface area contributed by atoms with E-state index in [0.29, 0.717) is 5.75 Å². The molecule has 6 heteroatoms. The summed E-state index contributed by atoms with van der Waals surface area (Å²) in [7, 11) is 1.92. The summed E-state index contributed by atoms with van der Waals surface area (Å²) in [6, 6.07) is 18.1. The van der Waals surface area contributed by atoms with E-state index < -0.39 is 0 Å². The summed E-state index contributed by atoms with van der Waals surface area (Å²) < 4.78 is 1.92. The van der Waals surface area contributed by atoms with Gasteiger partial charge in [-0.15, -0.1) is 10.2 Å². The third-order valence-corrected chi connectivity index (χ3v) is 5.17. The molecule has 134 valence electrons. The van der Waals surface area contributed by atoms with E-state index in [4.69, 9.17) is 0 Å². The van der Waals surface area contributed by atoms with Crippen LogP contribution in [-0.2, 0) is 11.8 Å². The van der Waals surface area contributed by atoms with Crippen LogP contribution < -0.4 is 5.32 Å². The van der Waals surface area contributed by atoms with Gasteiger partial charge in [-0.3, -0.25) is 4.79 Å². The molecule has 0 aliphatic carbocycles. The van der Waals surface area contributed by atoms with Gasteiger partial charge in [-0.25, -0.2) is 0 Å². The predicted molar refractivity (Wildman–Crippen MR) is 105 cm³/mol. The normalized spacial score (nSPS) is 12.0. The van der Waals surface area contributed by atoms with E-state index in [0.717, 1.165) is 22.1 Å². The number of aromatic nitrogens is 3. The van der Waals surface area contributed by atoms with Crippen LogP contribution in [0, 0.1) is 6.92 Å². The number of amides is 1. The Bertz CT molecular complexity index is 875. The Hall–Kier alpha value is -2.60. The summed E-state index contributed by atoms with van der Waals surface area (Å²) in [5.41, 5.74) is 3.31. The van der Waals surface area contributed by atoms with E-state index in [2.05, 4.69) is 34.6 Å². The molecular formula is C20H22N4OS. The number of thioether (sulfide) groups is 1. The average Bonchev–Trinajstić information content (AvgIpc) is 3.02. The molecule has 5 nitrogen and oxygen atoms in total. The van der Waals surface area contributed by atoms with Gasteiger partial charge >= 0.3 is 0 Å². The van der Waals surface area contributed by atoms with Crippen LogP contribution in [0.5, 0.6) is 0 Å². The van der Waals surface area contributed by atoms with Crippen molar-refractivity contribution in [2.45, 2.75) is 25.0 Å². The number of carbonyl (C=O) groups is 1. The Morgan fingerprint density at radius 3 is 2.50 bits per heavy atom. The number of hydrogen-bond acceptors (Lipinski definition) is 4. The van der Waals surface area contributed by atoms with E-state index in [-0.39, 0.29) is 11.9 Å². The van der Waals surface area contributed by atoms with Crippen molar-refractivity contribution in [1.29, 1.82) is 0 Å². The van der Waals surface area contributed by atoms with Gasteiger partial charge in [0.2, 0.25) is 5.91 Å². The summed E-state index contributed by atoms with van der Waals surface area (Å²) in [4.78, 5) is 12.2. The molecule has 0 saturated heterocycles. The van der Waals surface area contributed by atoms with E-state index in [1.54, 1.807) is 0 Å². The SMILES string of the molecule is Cc1ccc(-c2nnc(SCC(=O)NC(C)c3ccccc3)n2C)cc1. The van der Waals surface area contributed by atoms with Crippen molar-refractivity contribution in [2.75, 3.05) is 5.75 Å². The first-order chi connectivity index (χ1) is 12.5. The van der Waals surface area contributed by atoms with Crippen molar-refractivity contribution < 1.29 is 4.79 Å². The number of carbonyl (C=O) groups excluding carboxylic acids is 1. The molecule has 26 heavy (non-hydrogen) atoms. The maximum absolute atomic E-state index is 12.2. The van der Waals surface area contributed by atoms with Crippen LogP contribution >= 0.6 is 11.8 Å². The maximum atomic E-state index is 12.2. The highest BCUT2D eigenvalue weighted by Crippen LogP contribution is 2.23. The molecule has 1 aromatic heterocycles. The Morgan fingerprint density at radius 2 is 1.81 bits per heavy atom. The molecule has 0 spiro atoms. The third kappa shape index (κ3) is 4.32. The highest BCUT2D eigenvalue weighted by Gasteiger charge is 2.14. The smallest absolute Gasteiger partial charge is 0.230 e. The lowest BCUT2D eigenvalue weighted by Gasteiger charge is -2.14. The molecule has 1 unspecified atom stereocenters. The predicted octanol–water partition coefficient (Wildman–Crippen LogP) is 3.76. The van der Waals surface area contributed by atoms with Gasteiger partial charge in [0.1, 0.15) is 0 Å². The number of hydrogen-bond donors (Lipinski definition) is 1. The van der Waals surface area contributed by atoms with E-state index >= 15 is 0 Å². The number of nitrogens with zero attached hydrogens (tertiary/aromatic N) is 3. The molecule has 0 aliphatic rings. The van der Waals surface area contributed by atoms with Crippen LogP contribution in [0.3, 0.4) is 0 Å². The first-order valence-corrected chi connectivity index (χ1v) is 9.46. The van der Waals surface area contributed by atoms with Crippen molar-refractivity contribution in [3.63, 3.8) is 0 Å². The molecule has 2 aromatic carbocycles. The minimum atomic E-state index is -0.0220. The second-order valence-electron chi connectivity index (χ2n) is 6.22. The van der Waals surface area contributed by atoms with Gasteiger partial charge in [0.05, 0.1) is 11.8 Å². The standard InChI is InChI=1S/C20H22N4OS/c1-14-9-11-17(12-10-14)19-22-23-20(24(19)3)26-13-18(25)21-15(2)16-7-5-4-6-8-16/h4-12,15H,13H2,1-3H3,(H,21,25). The Balaban J connectivity index is 1.60. The fourth-order valence-electron chi connectivity index (χ4n) is 2.63. The highest BCUT2D eigenvalue weighted by atomic mass is 32.2. The van der Waals surface area contributed by atoms with Crippen LogP contribution in [0.25, 0.3) is 11.4 Å². The highest BCUT2D eigenvalue weighted by molar-refractivity contribution is 7.99. The topological polar surface area (TPSA) is 59.8 Å². The lowest BCUT2D eigenvalue weighted by atomic mass is 10.1. The minimum absolute atomic E-state index is 0.0214. The van der Waals surface area contributed by atoms with Crippen LogP contribution in [0.4, 0.5) is 0 Å². The summed E-state index contributed by atoms with van der Waals surface area (Å²) in [5.74, 6) is 1.08. The zero-order valence-corrected chi connectivity index (χ0v) is 16.0. The Morgan fingerprint density at radius 1 is 1.12 bits per heavy atom. The molecule has 0 bridgehead atoms. The molecule has 3 aromatic rings. The monoisotopic (exact) mass is 366 g/mol. The van der Waals surface area contributed by atoms with E-state index in [1.807, 2.05) is 61.0 Å². The summed E-state index contributed by atoms with van der Waals surface area (Å²) >= 11 is 1.39. The second kappa shape index (κ2) is 8.19. The average molecular weight is 366 g/mol. The molecule has 1 N–H and O–H groups in total. The molecular weight excluding hydrogens is 344 g/mol. The van der Waals surface area contributed by atoms with Gasteiger partial charge < -0.3 is 9.88 Å². The molecule has 0 fully saturated rings. The van der Waals surface area contributed by atoms with Gasteiger partial charge in [-0.1, -0.05) is 71.9 Å². The van der Waals surface area contributed by atoms with Crippen LogP contribution in [-0.4, -0.2) is 26.4 Å². The lowest BCUT2D eigenvalue weighted by Crippen LogP contribution is -2.28. The summed E-state index contributed by atoms with van der Waals surface area (Å²) in [5, 5.41) is 12.2. The van der Waals surface area contributed by atoms with Gasteiger partial charge in [-0.2, -0.15) is 0 Å². The first-order valence-electron chi connectivity index (χ1n) is 8.48. The van der Waals surface area contributed by atoms with Gasteiger partial charge in [0.25, 0.3) is 0 Å². The molecule has 0 saturated carbocycles. The first kappa shape index (κ1) is 18.2. The van der Waals surface area contributed by atoms with Gasteiger partial charge in [0, 0.05) is 12.6 Å². The molecule has 1 amide bonds. The molecule has 1 heterocycles. The number of aryl methyl sites for hydroxylation is 1. The number of nitrogens with one attached hydrogen (secondary N) is 1. The van der Waals surface area contributed by atoms with Gasteiger partial charge in [-0.05, 0) is 19.4 Å². The van der Waals surface area contributed by atoms with Crippen molar-refractivity contribution in [1.82, 2.24) is 20.1 Å². The minimum Gasteiger partial charge on any atom is -0.349 e. The molecule has 3 rings (SSSR count). The second-order valence-corrected chi connectivity index (χ2v) is 7.16. The van der Waals surface area contributed by atoms with E-state index in [9.17, 15) is 4.79 Å². The van der Waals surface area contributed by atoms with Crippen LogP contribution in [0.2, 0.25) is 0 Å². The van der Waals surface area contributed by atoms with Crippen molar-refractivity contribution >= 4 is 17.7 Å². The summed E-state index contributed by atoms with van der Waals surface area (Å²) in [6.07, 6.45) is 0. The Labute approximate surface area is 157 Å². The largest absolute Gasteiger partial charge is 0.349 e. The third-order valence-electron chi connectivity index (χ3n) is 4.15. The fraction of sp³-hybridized carbons (Fsp3) is 0.250. The van der Waals surface area contributed by atoms with E-state index in [1.165, 1.54) is 17.3 Å². The zero-order chi connectivity index (χ0) is 18.5. The molecule has 0 radical (unpaired) electrons. The lowest BCUT2D eigenvalue weighted by molar-refractivity contribution is -0.119. The van der Waals surface area contributed by atoms with Crippen molar-refractivity contribution in [2.24, 2.45) is 7.05 Å². The summed E-state index contributed by atoms with van der Waals surface area (Å²) in [6.45, 7) is 4.03. The van der Waals surface area contributed by atoms with Crippen LogP contribution in [0.1, 0.15) is 24.1 Å². The number of benzene rings is 2. The fourth-order valence-corrected chi connectivity index (χ4v) is 3.36. The van der Waals surface area contributed by atoms with Crippen molar-refractivity contribution in [3.8, 4) is 11.4 Å². The van der Waals surface area contributed by atoms with Crippen molar-refractivity contribution in [3.05, 3.63) is 65.7 Å². The van der Waals surface area contributed by atoms with Gasteiger partial charge in [0.15, 0.2) is 11.0 Å². The zero-order valence-electron chi connectivity index (χ0n) is 15.1.